The van der Waals surface area contributed by atoms with Crippen LogP contribution in [0.1, 0.15) is 26.7 Å². The lowest BCUT2D eigenvalue weighted by Crippen LogP contribution is -2.11. The predicted octanol–water partition coefficient (Wildman–Crippen LogP) is 8.58. The Morgan fingerprint density at radius 1 is 0.479 bits per heavy atom. The summed E-state index contributed by atoms with van der Waals surface area (Å²) in [4.78, 5) is 24.9. The summed E-state index contributed by atoms with van der Waals surface area (Å²) in [5.41, 5.74) is 0.711. The van der Waals surface area contributed by atoms with E-state index < -0.39 is 11.9 Å². The van der Waals surface area contributed by atoms with Crippen LogP contribution in [-0.4, -0.2) is 38.4 Å². The number of fused-ring (bicyclic) bond motifs is 2. The van der Waals surface area contributed by atoms with Gasteiger partial charge in [0.1, 0.15) is 24.0 Å². The van der Waals surface area contributed by atoms with E-state index in [-0.39, 0.29) is 13.2 Å². The first kappa shape index (κ1) is 33.6. The van der Waals surface area contributed by atoms with Crippen molar-refractivity contribution in [3.05, 3.63) is 133 Å². The normalized spacial score (nSPS) is 11.6. The Kier molecular flexibility index (Phi) is 12.1. The van der Waals surface area contributed by atoms with E-state index in [0.29, 0.717) is 60.2 Å². The van der Waals surface area contributed by atoms with Crippen LogP contribution in [0.25, 0.3) is 21.5 Å². The summed E-state index contributed by atoms with van der Waals surface area (Å²) in [5.74, 6) is 1.57. The molecule has 8 heteroatoms. The Labute approximate surface area is 280 Å². The van der Waals surface area contributed by atoms with Gasteiger partial charge in [0.05, 0.1) is 37.6 Å². The van der Waals surface area contributed by atoms with Gasteiger partial charge in [-0.2, -0.15) is 0 Å². The number of hydrogen-bond acceptors (Lipinski definition) is 8. The molecule has 0 aliphatic heterocycles. The van der Waals surface area contributed by atoms with Crippen LogP contribution >= 0.6 is 0 Å². The first-order chi connectivity index (χ1) is 23.5. The third-order valence-electron chi connectivity index (χ3n) is 7.28. The van der Waals surface area contributed by atoms with E-state index >= 15 is 0 Å². The van der Waals surface area contributed by atoms with Gasteiger partial charge in [-0.1, -0.05) is 84.9 Å². The summed E-state index contributed by atoms with van der Waals surface area (Å²) >= 11 is 0. The highest BCUT2D eigenvalue weighted by Crippen LogP contribution is 2.28. The van der Waals surface area contributed by atoms with Crippen molar-refractivity contribution in [3.8, 4) is 23.0 Å². The molecular weight excluding hydrogens is 608 g/mol. The number of rotatable bonds is 16. The van der Waals surface area contributed by atoms with E-state index in [4.69, 9.17) is 28.4 Å². The summed E-state index contributed by atoms with van der Waals surface area (Å²) in [5, 5.41) is 4.04. The molecule has 0 aliphatic carbocycles. The first-order valence-electron chi connectivity index (χ1n) is 15.8. The van der Waals surface area contributed by atoms with Gasteiger partial charge < -0.3 is 28.4 Å². The quantitative estimate of drug-likeness (QED) is 0.0456. The standard InChI is InChI=1S/C40H38O8/c1-29(27-47-35-21-9-15-31-13-3-5-17-33(31)35)39(41)45-25-11-23-43-37-19-7-8-20-38(37)44-24-12-26-46-40(42)30(2)28-48-36-22-10-16-32-14-4-6-18-34(32)36/h3-10,13-22,27-28H,11-12,23-26H2,1-2H3. The molecular formula is C40H38O8. The summed E-state index contributed by atoms with van der Waals surface area (Å²) in [6, 6.07) is 34.6. The van der Waals surface area contributed by atoms with Crippen molar-refractivity contribution >= 4 is 33.5 Å². The molecule has 0 N–H and O–H groups in total. The highest BCUT2D eigenvalue weighted by molar-refractivity contribution is 5.90. The lowest BCUT2D eigenvalue weighted by molar-refractivity contribution is -0.140. The average Bonchev–Trinajstić information content (AvgIpc) is 3.12. The molecule has 0 spiro atoms. The summed E-state index contributed by atoms with van der Waals surface area (Å²) in [6.07, 6.45) is 3.80. The number of carbonyl (C=O) groups excluding carboxylic acids is 2. The number of hydrogen-bond donors (Lipinski definition) is 0. The Bertz CT molecular complexity index is 1760. The van der Waals surface area contributed by atoms with Gasteiger partial charge in [0.25, 0.3) is 0 Å². The Hall–Kier alpha value is -5.76. The second-order valence-electron chi connectivity index (χ2n) is 10.9. The Balaban J connectivity index is 0.980. The van der Waals surface area contributed by atoms with E-state index in [1.807, 2.05) is 109 Å². The van der Waals surface area contributed by atoms with Gasteiger partial charge in [-0.15, -0.1) is 0 Å². The van der Waals surface area contributed by atoms with E-state index in [9.17, 15) is 9.59 Å². The van der Waals surface area contributed by atoms with Crippen molar-refractivity contribution in [3.63, 3.8) is 0 Å². The minimum atomic E-state index is -0.456. The zero-order valence-electron chi connectivity index (χ0n) is 27.1. The maximum atomic E-state index is 12.4. The topological polar surface area (TPSA) is 89.5 Å². The van der Waals surface area contributed by atoms with Crippen molar-refractivity contribution in [2.45, 2.75) is 26.7 Å². The van der Waals surface area contributed by atoms with Gasteiger partial charge in [-0.05, 0) is 48.9 Å². The Morgan fingerprint density at radius 2 is 0.854 bits per heavy atom. The number of carbonyl (C=O) groups is 2. The molecule has 5 rings (SSSR count). The van der Waals surface area contributed by atoms with Crippen molar-refractivity contribution in [2.75, 3.05) is 26.4 Å². The zero-order valence-corrected chi connectivity index (χ0v) is 27.1. The van der Waals surface area contributed by atoms with E-state index in [2.05, 4.69) is 0 Å². The molecule has 0 saturated carbocycles. The van der Waals surface area contributed by atoms with Crippen molar-refractivity contribution in [1.82, 2.24) is 0 Å². The lowest BCUT2D eigenvalue weighted by atomic mass is 10.1. The minimum absolute atomic E-state index is 0.188. The minimum Gasteiger partial charge on any atom is -0.490 e. The number of benzene rings is 5. The molecule has 0 unspecified atom stereocenters. The molecule has 48 heavy (non-hydrogen) atoms. The first-order valence-corrected chi connectivity index (χ1v) is 15.8. The molecule has 0 radical (unpaired) electrons. The van der Waals surface area contributed by atoms with Gasteiger partial charge >= 0.3 is 11.9 Å². The fourth-order valence-electron chi connectivity index (χ4n) is 4.73. The van der Waals surface area contributed by atoms with Crippen molar-refractivity contribution < 1.29 is 38.0 Å². The lowest BCUT2D eigenvalue weighted by Gasteiger charge is -2.13. The van der Waals surface area contributed by atoms with Crippen LogP contribution in [0.5, 0.6) is 23.0 Å². The number of esters is 2. The summed E-state index contributed by atoms with van der Waals surface area (Å²) in [6.45, 7) is 4.33. The summed E-state index contributed by atoms with van der Waals surface area (Å²) in [7, 11) is 0. The van der Waals surface area contributed by atoms with E-state index in [0.717, 1.165) is 21.5 Å². The number of ether oxygens (including phenoxy) is 6. The maximum Gasteiger partial charge on any atom is 0.336 e. The van der Waals surface area contributed by atoms with Crippen LogP contribution in [-0.2, 0) is 19.1 Å². The second-order valence-corrected chi connectivity index (χ2v) is 10.9. The summed E-state index contributed by atoms with van der Waals surface area (Å²) < 4.78 is 34.1. The SMILES string of the molecule is CC(=COc1cccc2ccccc12)C(=O)OCCCOc1ccccc1OCCCOC(=O)C(C)=COc1cccc2ccccc12. The van der Waals surface area contributed by atoms with Crippen LogP contribution in [0.4, 0.5) is 0 Å². The predicted molar refractivity (Wildman–Crippen MR) is 185 cm³/mol. The smallest absolute Gasteiger partial charge is 0.336 e. The largest absolute Gasteiger partial charge is 0.490 e. The highest BCUT2D eigenvalue weighted by atomic mass is 16.5. The van der Waals surface area contributed by atoms with Crippen LogP contribution in [0, 0.1) is 0 Å². The molecule has 0 aromatic heterocycles. The molecule has 8 nitrogen and oxygen atoms in total. The molecule has 246 valence electrons. The molecule has 5 aromatic rings. The monoisotopic (exact) mass is 646 g/mol. The third-order valence-corrected chi connectivity index (χ3v) is 7.28. The van der Waals surface area contributed by atoms with Crippen molar-refractivity contribution in [1.29, 1.82) is 0 Å². The average molecular weight is 647 g/mol. The molecule has 0 fully saturated rings. The van der Waals surface area contributed by atoms with Crippen LogP contribution in [0.2, 0.25) is 0 Å². The van der Waals surface area contributed by atoms with Gasteiger partial charge in [0, 0.05) is 23.6 Å². The second kappa shape index (κ2) is 17.2. The molecule has 0 bridgehead atoms. The van der Waals surface area contributed by atoms with Crippen LogP contribution < -0.4 is 18.9 Å². The van der Waals surface area contributed by atoms with Crippen LogP contribution in [0.3, 0.4) is 0 Å². The molecule has 5 aromatic carbocycles. The van der Waals surface area contributed by atoms with Crippen LogP contribution in [0.15, 0.2) is 133 Å². The zero-order chi connectivity index (χ0) is 33.6. The molecule has 0 aliphatic rings. The van der Waals surface area contributed by atoms with E-state index in [1.165, 1.54) is 12.5 Å². The molecule has 0 saturated heterocycles. The fourth-order valence-corrected chi connectivity index (χ4v) is 4.73. The number of para-hydroxylation sites is 2. The highest BCUT2D eigenvalue weighted by Gasteiger charge is 2.10. The van der Waals surface area contributed by atoms with Gasteiger partial charge in [-0.25, -0.2) is 9.59 Å². The molecule has 0 atom stereocenters. The third kappa shape index (κ3) is 9.39. The van der Waals surface area contributed by atoms with Gasteiger partial charge in [0.15, 0.2) is 11.5 Å². The fraction of sp³-hybridized carbons (Fsp3) is 0.200. The Morgan fingerprint density at radius 3 is 1.31 bits per heavy atom. The maximum absolute atomic E-state index is 12.4. The molecule has 0 heterocycles. The molecule has 0 amide bonds. The van der Waals surface area contributed by atoms with E-state index in [1.54, 1.807) is 13.8 Å². The van der Waals surface area contributed by atoms with Gasteiger partial charge in [-0.3, -0.25) is 0 Å². The van der Waals surface area contributed by atoms with Gasteiger partial charge in [0.2, 0.25) is 0 Å². The van der Waals surface area contributed by atoms with Crippen molar-refractivity contribution in [2.24, 2.45) is 0 Å².